The van der Waals surface area contributed by atoms with Crippen molar-refractivity contribution in [2.24, 2.45) is 0 Å². The molecule has 9 heteroatoms. The minimum Gasteiger partial charge on any atom is -0.166 e. The Balaban J connectivity index is 2.33. The Morgan fingerprint density at radius 1 is 0.750 bits per heavy atom. The molecular weight excluding hydrogens is 438 g/mol. The highest BCUT2D eigenvalue weighted by atomic mass is 79.9. The molecule has 0 N–H and O–H groups in total. The highest BCUT2D eigenvalue weighted by Crippen LogP contribution is 2.47. The van der Waals surface area contributed by atoms with E-state index >= 15 is 0 Å². The molecule has 0 fully saturated rings. The normalized spacial score (nSPS) is 12.5. The van der Waals surface area contributed by atoms with E-state index < -0.39 is 23.5 Å². The second-order valence-corrected chi connectivity index (χ2v) is 7.93. The van der Waals surface area contributed by atoms with Gasteiger partial charge in [0.05, 0.1) is 11.1 Å². The first kappa shape index (κ1) is 19.5. The van der Waals surface area contributed by atoms with Crippen molar-refractivity contribution in [3.05, 3.63) is 57.6 Å². The quantitative estimate of drug-likeness (QED) is 0.351. The molecule has 0 radical (unpaired) electrons. The van der Waals surface area contributed by atoms with E-state index in [9.17, 15) is 26.3 Å². The fourth-order valence-corrected chi connectivity index (χ4v) is 4.55. The third-order valence-electron chi connectivity index (χ3n) is 2.91. The van der Waals surface area contributed by atoms with Crippen LogP contribution in [0.1, 0.15) is 16.7 Å². The van der Waals surface area contributed by atoms with E-state index in [-0.39, 0.29) is 14.3 Å². The van der Waals surface area contributed by atoms with Crippen molar-refractivity contribution in [1.29, 1.82) is 0 Å². The lowest BCUT2D eigenvalue weighted by Crippen LogP contribution is -2.07. The third kappa shape index (κ3) is 4.86. The van der Waals surface area contributed by atoms with Crippen LogP contribution in [0.4, 0.5) is 26.3 Å². The Hall–Kier alpha value is -0.800. The summed E-state index contributed by atoms with van der Waals surface area (Å²) in [6.45, 7) is 1.52. The fraction of sp³-hybridized carbons (Fsp3) is 0.200. The average Bonchev–Trinajstić information content (AvgIpc) is 2.45. The van der Waals surface area contributed by atoms with Gasteiger partial charge in [0, 0.05) is 14.3 Å². The van der Waals surface area contributed by atoms with Crippen molar-refractivity contribution in [3.63, 3.8) is 0 Å². The van der Waals surface area contributed by atoms with E-state index in [0.717, 1.165) is 12.1 Å². The summed E-state index contributed by atoms with van der Waals surface area (Å²) in [5, 5.41) is 0. The van der Waals surface area contributed by atoms with Crippen molar-refractivity contribution >= 4 is 37.5 Å². The summed E-state index contributed by atoms with van der Waals surface area (Å²) >= 11 is 2.97. The molecule has 0 unspecified atom stereocenters. The summed E-state index contributed by atoms with van der Waals surface area (Å²) in [5.74, 6) is 0. The molecule has 130 valence electrons. The maximum atomic E-state index is 13.1. The van der Waals surface area contributed by atoms with Crippen LogP contribution < -0.4 is 0 Å². The molecule has 0 saturated heterocycles. The molecule has 0 heterocycles. The Morgan fingerprint density at radius 2 is 1.21 bits per heavy atom. The molecule has 0 nitrogen and oxygen atoms in total. The molecule has 0 aliphatic rings. The van der Waals surface area contributed by atoms with Crippen molar-refractivity contribution in [2.45, 2.75) is 29.1 Å². The summed E-state index contributed by atoms with van der Waals surface area (Å²) in [6.07, 6.45) is -9.16. The highest BCUT2D eigenvalue weighted by Gasteiger charge is 2.35. The third-order valence-corrected chi connectivity index (χ3v) is 5.88. The number of benzene rings is 2. The molecule has 0 aliphatic heterocycles. The monoisotopic (exact) mass is 446 g/mol. The van der Waals surface area contributed by atoms with Crippen molar-refractivity contribution in [3.8, 4) is 0 Å². The molecule has 0 atom stereocenters. The van der Waals surface area contributed by atoms with E-state index in [0.29, 0.717) is 27.2 Å². The van der Waals surface area contributed by atoms with E-state index in [1.807, 2.05) is 0 Å². The highest BCUT2D eigenvalue weighted by molar-refractivity contribution is 9.10. The second kappa shape index (κ2) is 7.21. The maximum Gasteiger partial charge on any atom is 0.417 e. The van der Waals surface area contributed by atoms with Crippen LogP contribution in [0.25, 0.3) is 0 Å². The number of aryl methyl sites for hydroxylation is 1. The van der Waals surface area contributed by atoms with Crippen molar-refractivity contribution < 1.29 is 26.3 Å². The molecule has 0 aliphatic carbocycles. The molecule has 24 heavy (non-hydrogen) atoms. The van der Waals surface area contributed by atoms with Gasteiger partial charge in [0.15, 0.2) is 0 Å². The number of hydrogen-bond acceptors (Lipinski definition) is 2. The van der Waals surface area contributed by atoms with Crippen LogP contribution in [0.5, 0.6) is 0 Å². The molecule has 2 aromatic rings. The van der Waals surface area contributed by atoms with Crippen LogP contribution >= 0.6 is 37.5 Å². The van der Waals surface area contributed by atoms with Crippen LogP contribution in [0, 0.1) is 6.92 Å². The summed E-state index contributed by atoms with van der Waals surface area (Å²) in [7, 11) is 1.30. The van der Waals surface area contributed by atoms with Gasteiger partial charge in [-0.1, -0.05) is 49.1 Å². The largest absolute Gasteiger partial charge is 0.417 e. The van der Waals surface area contributed by atoms with Gasteiger partial charge >= 0.3 is 12.4 Å². The van der Waals surface area contributed by atoms with Gasteiger partial charge in [-0.3, -0.25) is 0 Å². The average molecular weight is 447 g/mol. The first-order valence-corrected chi connectivity index (χ1v) is 9.32. The summed E-state index contributed by atoms with van der Waals surface area (Å²) in [4.78, 5) is -0.279. The van der Waals surface area contributed by atoms with Crippen LogP contribution in [0.15, 0.2) is 50.7 Å². The standard InChI is InChI=1S/C15H9BrF6S2/c1-8-2-4-12(10(6-8)14(17,18)19)23-24-13-5-3-9(16)7-11(13)15(20,21)22/h2-7H,1H3. The minimum atomic E-state index is -4.59. The predicted molar refractivity (Wildman–Crippen MR) is 87.0 cm³/mol. The van der Waals surface area contributed by atoms with Crippen molar-refractivity contribution in [1.82, 2.24) is 0 Å². The van der Waals surface area contributed by atoms with Gasteiger partial charge in [0.1, 0.15) is 0 Å². The van der Waals surface area contributed by atoms with Crippen LogP contribution in [-0.2, 0) is 12.4 Å². The van der Waals surface area contributed by atoms with E-state index in [4.69, 9.17) is 0 Å². The number of hydrogen-bond donors (Lipinski definition) is 0. The van der Waals surface area contributed by atoms with E-state index in [1.54, 1.807) is 0 Å². The molecule has 2 aromatic carbocycles. The van der Waals surface area contributed by atoms with Crippen LogP contribution in [0.3, 0.4) is 0 Å². The van der Waals surface area contributed by atoms with Gasteiger partial charge in [-0.05, 0) is 37.3 Å². The van der Waals surface area contributed by atoms with Gasteiger partial charge in [-0.2, -0.15) is 26.3 Å². The Bertz CT molecular complexity index is 676. The van der Waals surface area contributed by atoms with Crippen molar-refractivity contribution in [2.75, 3.05) is 0 Å². The smallest absolute Gasteiger partial charge is 0.166 e. The summed E-state index contributed by atoms with van der Waals surface area (Å²) < 4.78 is 78.6. The van der Waals surface area contributed by atoms with Gasteiger partial charge in [0.25, 0.3) is 0 Å². The molecule has 0 aromatic heterocycles. The Labute approximate surface area is 150 Å². The number of alkyl halides is 6. The summed E-state index contributed by atoms with van der Waals surface area (Å²) in [5.41, 5.74) is -1.32. The Kier molecular flexibility index (Phi) is 5.87. The van der Waals surface area contributed by atoms with Gasteiger partial charge in [-0.15, -0.1) is 0 Å². The van der Waals surface area contributed by atoms with Gasteiger partial charge in [0.2, 0.25) is 0 Å². The SMILES string of the molecule is Cc1ccc(SSc2ccc(Br)cc2C(F)(F)F)c(C(F)(F)F)c1. The number of rotatable bonds is 3. The first-order valence-electron chi connectivity index (χ1n) is 6.37. The minimum absolute atomic E-state index is 0.130. The lowest BCUT2D eigenvalue weighted by molar-refractivity contribution is -0.140. The zero-order valence-electron chi connectivity index (χ0n) is 11.9. The first-order chi connectivity index (χ1) is 11.0. The lowest BCUT2D eigenvalue weighted by atomic mass is 10.1. The molecule has 2 rings (SSSR count). The van der Waals surface area contributed by atoms with E-state index in [2.05, 4.69) is 15.9 Å². The molecular formula is C15H9BrF6S2. The molecule has 0 amide bonds. The maximum absolute atomic E-state index is 13.1. The second-order valence-electron chi connectivity index (χ2n) is 4.80. The lowest BCUT2D eigenvalue weighted by Gasteiger charge is -2.15. The van der Waals surface area contributed by atoms with E-state index in [1.165, 1.54) is 31.2 Å². The predicted octanol–water partition coefficient (Wildman–Crippen LogP) is 7.59. The van der Waals surface area contributed by atoms with Crippen LogP contribution in [-0.4, -0.2) is 0 Å². The zero-order valence-corrected chi connectivity index (χ0v) is 15.1. The number of halogens is 7. The van der Waals surface area contributed by atoms with Gasteiger partial charge in [-0.25, -0.2) is 0 Å². The molecule has 0 spiro atoms. The molecule has 0 saturated carbocycles. The zero-order chi connectivity index (χ0) is 18.1. The fourth-order valence-electron chi connectivity index (χ4n) is 1.82. The Morgan fingerprint density at radius 3 is 1.71 bits per heavy atom. The van der Waals surface area contributed by atoms with Crippen LogP contribution in [0.2, 0.25) is 0 Å². The topological polar surface area (TPSA) is 0 Å². The molecule has 0 bridgehead atoms. The van der Waals surface area contributed by atoms with Gasteiger partial charge < -0.3 is 0 Å². The summed E-state index contributed by atoms with van der Waals surface area (Å²) in [6, 6.07) is 7.29.